The highest BCUT2D eigenvalue weighted by atomic mass is 35.5. The van der Waals surface area contributed by atoms with E-state index in [1.807, 2.05) is 0 Å². The third-order valence-corrected chi connectivity index (χ3v) is 2.36. The second-order valence-electron chi connectivity index (χ2n) is 5.51. The fraction of sp³-hybridized carbons (Fsp3) is 0.818. The van der Waals surface area contributed by atoms with Gasteiger partial charge in [0, 0.05) is 24.1 Å². The van der Waals surface area contributed by atoms with Crippen molar-refractivity contribution in [1.82, 2.24) is 0 Å². The average molecular weight is 300 g/mol. The first kappa shape index (κ1) is 20.0. The molecule has 0 saturated heterocycles. The molecule has 1 N–H and O–H groups in total. The summed E-state index contributed by atoms with van der Waals surface area (Å²) in [4.78, 5) is 22.5. The zero-order valence-electron chi connectivity index (χ0n) is 11.2. The van der Waals surface area contributed by atoms with Crippen LogP contribution < -0.4 is 5.11 Å². The number of ketones is 1. The molecule has 2 unspecified atom stereocenters. The zero-order chi connectivity index (χ0) is 13.9. The number of carbonyl (C=O) groups is 2. The summed E-state index contributed by atoms with van der Waals surface area (Å²) in [5.41, 5.74) is -1.88. The van der Waals surface area contributed by atoms with E-state index in [-0.39, 0.29) is 35.1 Å². The Bertz CT molecular complexity index is 304. The number of likely N-dealkylation sites (N-methyl/N-ethyl adjacent to an activating group) is 1. The highest BCUT2D eigenvalue weighted by Crippen LogP contribution is 2.19. The Labute approximate surface area is 120 Å². The Morgan fingerprint density at radius 2 is 1.83 bits per heavy atom. The van der Waals surface area contributed by atoms with Crippen molar-refractivity contribution in [2.75, 3.05) is 27.7 Å². The molecule has 0 aliphatic carbocycles. The van der Waals surface area contributed by atoms with Crippen LogP contribution in [-0.2, 0) is 9.59 Å². The number of carboxylic acids is 1. The van der Waals surface area contributed by atoms with E-state index < -0.39 is 23.8 Å². The molecule has 0 aromatic rings. The average Bonchev–Trinajstić information content (AvgIpc) is 1.96. The van der Waals surface area contributed by atoms with E-state index in [0.29, 0.717) is 0 Å². The molecule has 0 aliphatic rings. The number of thiol groups is 1. The zero-order valence-corrected chi connectivity index (χ0v) is 12.9. The molecule has 0 aliphatic heterocycles. The van der Waals surface area contributed by atoms with Crippen LogP contribution in [0.5, 0.6) is 0 Å². The number of carboxylic acid groups (broad SMARTS) is 1. The Hall–Kier alpha value is -0.300. The molecule has 0 radical (unpaired) electrons. The van der Waals surface area contributed by atoms with E-state index in [4.69, 9.17) is 0 Å². The molecule has 0 aromatic carbocycles. The minimum absolute atomic E-state index is 0. The molecule has 0 rings (SSSR count). The smallest absolute Gasteiger partial charge is 0.177 e. The van der Waals surface area contributed by atoms with Crippen molar-refractivity contribution < 1.29 is 24.3 Å². The lowest BCUT2D eigenvalue weighted by atomic mass is 9.90. The van der Waals surface area contributed by atoms with Crippen LogP contribution in [0.25, 0.3) is 0 Å². The second kappa shape index (κ2) is 7.33. The van der Waals surface area contributed by atoms with E-state index in [1.165, 1.54) is 0 Å². The molecule has 5 nitrogen and oxygen atoms in total. The van der Waals surface area contributed by atoms with Crippen LogP contribution >= 0.6 is 25.0 Å². The van der Waals surface area contributed by atoms with Crippen molar-refractivity contribution in [2.45, 2.75) is 30.6 Å². The van der Waals surface area contributed by atoms with Crippen molar-refractivity contribution in [1.29, 1.82) is 0 Å². The van der Waals surface area contributed by atoms with E-state index in [1.54, 1.807) is 28.1 Å². The Morgan fingerprint density at radius 1 is 1.39 bits per heavy atom. The van der Waals surface area contributed by atoms with Crippen LogP contribution in [0.15, 0.2) is 0 Å². The van der Waals surface area contributed by atoms with E-state index in [2.05, 4.69) is 12.6 Å². The summed E-state index contributed by atoms with van der Waals surface area (Å²) in [6.45, 7) is 1.74. The molecular formula is C11H22ClNO4S. The summed E-state index contributed by atoms with van der Waals surface area (Å²) in [6.07, 6.45) is -0.644. The molecule has 0 fully saturated rings. The van der Waals surface area contributed by atoms with Crippen LogP contribution in [-0.4, -0.2) is 59.9 Å². The highest BCUT2D eigenvalue weighted by molar-refractivity contribution is 7.80. The fourth-order valence-corrected chi connectivity index (χ4v) is 1.89. The van der Waals surface area contributed by atoms with E-state index >= 15 is 0 Å². The quantitative estimate of drug-likeness (QED) is 0.480. The number of quaternary nitrogens is 1. The maximum atomic E-state index is 11.9. The highest BCUT2D eigenvalue weighted by Gasteiger charge is 2.40. The van der Waals surface area contributed by atoms with Crippen LogP contribution in [0.3, 0.4) is 0 Å². The molecule has 0 bridgehead atoms. The molecule has 7 heteroatoms. The molecule has 0 heterocycles. The van der Waals surface area contributed by atoms with Gasteiger partial charge in [-0.15, -0.1) is 12.4 Å². The number of aliphatic hydroxyl groups is 1. The van der Waals surface area contributed by atoms with Crippen LogP contribution in [0.4, 0.5) is 0 Å². The van der Waals surface area contributed by atoms with Crippen molar-refractivity contribution in [3.63, 3.8) is 0 Å². The van der Waals surface area contributed by atoms with Gasteiger partial charge in [-0.2, -0.15) is 12.6 Å². The first-order chi connectivity index (χ1) is 7.46. The molecule has 0 aromatic heterocycles. The van der Waals surface area contributed by atoms with Gasteiger partial charge in [-0.3, -0.25) is 4.79 Å². The minimum Gasteiger partial charge on any atom is -0.550 e. The summed E-state index contributed by atoms with van der Waals surface area (Å²) < 4.78 is 0.288. The van der Waals surface area contributed by atoms with Crippen molar-refractivity contribution in [3.05, 3.63) is 0 Å². The van der Waals surface area contributed by atoms with Gasteiger partial charge in [0.05, 0.1) is 21.1 Å². The van der Waals surface area contributed by atoms with Crippen LogP contribution in [0, 0.1) is 0 Å². The number of rotatable bonds is 7. The molecule has 108 valence electrons. The van der Waals surface area contributed by atoms with Gasteiger partial charge in [-0.1, -0.05) is 6.92 Å². The van der Waals surface area contributed by atoms with Crippen molar-refractivity contribution in [3.8, 4) is 0 Å². The molecule has 18 heavy (non-hydrogen) atoms. The number of nitrogens with zero attached hydrogens (tertiary/aromatic N) is 1. The lowest BCUT2D eigenvalue weighted by Gasteiger charge is -2.35. The first-order valence-corrected chi connectivity index (χ1v) is 5.92. The van der Waals surface area contributed by atoms with Gasteiger partial charge in [-0.05, 0) is 0 Å². The number of carbonyl (C=O) groups excluding carboxylic acids is 2. The SMILES string of the molecule is CC(S)CC(=O)C(O)(CC(=O)[O-])C[N+](C)(C)C.Cl. The summed E-state index contributed by atoms with van der Waals surface area (Å²) in [5.74, 6) is -1.93. The molecule has 0 saturated carbocycles. The summed E-state index contributed by atoms with van der Waals surface area (Å²) >= 11 is 4.07. The van der Waals surface area contributed by atoms with Crippen LogP contribution in [0.1, 0.15) is 19.8 Å². The second-order valence-corrected chi connectivity index (χ2v) is 6.39. The lowest BCUT2D eigenvalue weighted by molar-refractivity contribution is -0.875. The van der Waals surface area contributed by atoms with Crippen molar-refractivity contribution in [2.24, 2.45) is 0 Å². The largest absolute Gasteiger partial charge is 0.550 e. The van der Waals surface area contributed by atoms with E-state index in [9.17, 15) is 19.8 Å². The predicted octanol–water partition coefficient (Wildman–Crippen LogP) is -0.737. The molecular weight excluding hydrogens is 278 g/mol. The number of aliphatic carboxylic acids is 1. The predicted molar refractivity (Wildman–Crippen MR) is 72.8 cm³/mol. The van der Waals surface area contributed by atoms with Gasteiger partial charge in [0.1, 0.15) is 6.54 Å². The van der Waals surface area contributed by atoms with Gasteiger partial charge in [0.25, 0.3) is 0 Å². The Morgan fingerprint density at radius 3 is 2.11 bits per heavy atom. The van der Waals surface area contributed by atoms with Gasteiger partial charge < -0.3 is 19.5 Å². The van der Waals surface area contributed by atoms with Gasteiger partial charge in [0.2, 0.25) is 0 Å². The topological polar surface area (TPSA) is 77.4 Å². The van der Waals surface area contributed by atoms with Crippen molar-refractivity contribution >= 4 is 36.8 Å². The van der Waals surface area contributed by atoms with Crippen LogP contribution in [0.2, 0.25) is 0 Å². The maximum absolute atomic E-state index is 11.9. The number of hydrogen-bond acceptors (Lipinski definition) is 5. The van der Waals surface area contributed by atoms with Gasteiger partial charge in [-0.25, -0.2) is 0 Å². The number of hydrogen-bond donors (Lipinski definition) is 2. The van der Waals surface area contributed by atoms with Gasteiger partial charge >= 0.3 is 0 Å². The number of Topliss-reactive ketones (excluding diaryl/α,β-unsaturated/α-hetero) is 1. The molecule has 0 spiro atoms. The van der Waals surface area contributed by atoms with Gasteiger partial charge in [0.15, 0.2) is 11.4 Å². The molecule has 2 atom stereocenters. The van der Waals surface area contributed by atoms with E-state index in [0.717, 1.165) is 0 Å². The maximum Gasteiger partial charge on any atom is 0.177 e. The summed E-state index contributed by atoms with van der Waals surface area (Å²) in [5, 5.41) is 20.6. The monoisotopic (exact) mass is 299 g/mol. The third kappa shape index (κ3) is 7.92. The summed E-state index contributed by atoms with van der Waals surface area (Å²) in [6, 6.07) is 0. The normalized spacial score (nSPS) is 16.3. The lowest BCUT2D eigenvalue weighted by Crippen LogP contribution is -2.56. The molecule has 0 amide bonds. The fourth-order valence-electron chi connectivity index (χ4n) is 1.72. The Kier molecular flexibility index (Phi) is 8.15. The third-order valence-electron chi connectivity index (χ3n) is 2.17. The first-order valence-electron chi connectivity index (χ1n) is 5.40. The summed E-state index contributed by atoms with van der Waals surface area (Å²) in [7, 11) is 5.33. The number of halogens is 1. The minimum atomic E-state index is -1.88. The Balaban J connectivity index is 0. The standard InChI is InChI=1S/C11H21NO4S.ClH/c1-8(17)5-9(13)11(16,6-10(14)15)7-12(2,3)4;/h8,16H,5-7H2,1-4H3,(H-,14,15,17);1H.